The third-order valence-electron chi connectivity index (χ3n) is 4.59. The zero-order valence-electron chi connectivity index (χ0n) is 13.9. The lowest BCUT2D eigenvalue weighted by molar-refractivity contribution is -0.149. The van der Waals surface area contributed by atoms with Crippen LogP contribution in [0.1, 0.15) is 52.9 Å². The molecule has 2 rings (SSSR count). The van der Waals surface area contributed by atoms with Crippen LogP contribution in [0, 0.1) is 5.41 Å². The van der Waals surface area contributed by atoms with Gasteiger partial charge in [-0.3, -0.25) is 14.4 Å². The molecule has 2 aliphatic rings. The molecule has 0 aromatic heterocycles. The smallest absolute Gasteiger partial charge is 0.307 e. The normalized spacial score (nSPS) is 31.5. The van der Waals surface area contributed by atoms with E-state index in [0.29, 0.717) is 0 Å². The number of carbonyl (C=O) groups excluding carboxylic acids is 3. The van der Waals surface area contributed by atoms with Crippen molar-refractivity contribution in [2.75, 3.05) is 0 Å². The molecular weight excluding hydrogens is 296 g/mol. The van der Waals surface area contributed by atoms with Crippen molar-refractivity contribution >= 4 is 17.5 Å². The molecule has 1 saturated carbocycles. The molecule has 0 radical (unpaired) electrons. The molecule has 1 heterocycles. The molecule has 1 N–H and O–H groups in total. The molecule has 126 valence electrons. The summed E-state index contributed by atoms with van der Waals surface area (Å²) in [5.74, 6) is -1.10. The van der Waals surface area contributed by atoms with Crippen LogP contribution in [0.4, 0.5) is 0 Å². The van der Waals surface area contributed by atoms with Crippen molar-refractivity contribution in [2.45, 2.75) is 65.1 Å². The van der Waals surface area contributed by atoms with Crippen LogP contribution in [0.25, 0.3) is 0 Å². The van der Waals surface area contributed by atoms with Crippen molar-refractivity contribution in [1.82, 2.24) is 0 Å². The van der Waals surface area contributed by atoms with Crippen LogP contribution in [0.5, 0.6) is 0 Å². The minimum absolute atomic E-state index is 0.0767. The maximum absolute atomic E-state index is 12.4. The van der Waals surface area contributed by atoms with Crippen molar-refractivity contribution in [3.63, 3.8) is 0 Å². The summed E-state index contributed by atoms with van der Waals surface area (Å²) in [5, 5.41) is 9.58. The van der Waals surface area contributed by atoms with E-state index in [1.807, 2.05) is 20.8 Å². The highest BCUT2D eigenvalue weighted by Gasteiger charge is 2.57. The first-order chi connectivity index (χ1) is 10.7. The number of aliphatic hydroxyl groups is 1. The molecular formula is C18H24O5. The van der Waals surface area contributed by atoms with E-state index in [0.717, 1.165) is 18.4 Å². The fourth-order valence-corrected chi connectivity index (χ4v) is 3.22. The third-order valence-corrected chi connectivity index (χ3v) is 4.59. The maximum atomic E-state index is 12.4. The molecule has 0 bridgehead atoms. The van der Waals surface area contributed by atoms with Gasteiger partial charge in [-0.05, 0) is 39.7 Å². The van der Waals surface area contributed by atoms with Crippen LogP contribution in [-0.4, -0.2) is 34.9 Å². The highest BCUT2D eigenvalue weighted by atomic mass is 16.6. The Morgan fingerprint density at radius 1 is 1.26 bits per heavy atom. The first-order valence-electron chi connectivity index (χ1n) is 7.99. The Morgan fingerprint density at radius 2 is 1.96 bits per heavy atom. The second-order valence-electron chi connectivity index (χ2n) is 6.86. The summed E-state index contributed by atoms with van der Waals surface area (Å²) in [6.45, 7) is 6.00. The Labute approximate surface area is 136 Å². The lowest BCUT2D eigenvalue weighted by Crippen LogP contribution is -2.48. The van der Waals surface area contributed by atoms with Crippen molar-refractivity contribution in [1.29, 1.82) is 0 Å². The largest absolute Gasteiger partial charge is 0.457 e. The Kier molecular flexibility index (Phi) is 5.19. The number of cyclic esters (lactones) is 1. The highest BCUT2D eigenvalue weighted by Crippen LogP contribution is 2.45. The first-order valence-corrected chi connectivity index (χ1v) is 7.99. The van der Waals surface area contributed by atoms with E-state index in [2.05, 4.69) is 6.08 Å². The second kappa shape index (κ2) is 6.79. The molecule has 1 aliphatic carbocycles. The van der Waals surface area contributed by atoms with Gasteiger partial charge in [-0.2, -0.15) is 0 Å². The van der Waals surface area contributed by atoms with Gasteiger partial charge >= 0.3 is 5.97 Å². The first kappa shape index (κ1) is 17.6. The molecule has 1 spiro atoms. The zero-order chi connectivity index (χ0) is 17.2. The lowest BCUT2D eigenvalue weighted by atomic mass is 9.67. The van der Waals surface area contributed by atoms with E-state index in [4.69, 9.17) is 4.74 Å². The lowest BCUT2D eigenvalue weighted by Gasteiger charge is -2.34. The van der Waals surface area contributed by atoms with Gasteiger partial charge in [0, 0.05) is 12.8 Å². The summed E-state index contributed by atoms with van der Waals surface area (Å²) in [6.07, 6.45) is 3.23. The predicted octanol–water partition coefficient (Wildman–Crippen LogP) is 2.27. The fraction of sp³-hybridized carbons (Fsp3) is 0.611. The van der Waals surface area contributed by atoms with Crippen LogP contribution in [0.2, 0.25) is 0 Å². The Bertz CT molecular complexity index is 582. The summed E-state index contributed by atoms with van der Waals surface area (Å²) in [4.78, 5) is 36.1. The molecule has 23 heavy (non-hydrogen) atoms. The van der Waals surface area contributed by atoms with Crippen LogP contribution in [0.3, 0.4) is 0 Å². The van der Waals surface area contributed by atoms with Gasteiger partial charge in [-0.15, -0.1) is 0 Å². The minimum atomic E-state index is -1.24. The number of ether oxygens (including phenoxy) is 1. The number of Topliss-reactive ketones (excluding diaryl/α,β-unsaturated/α-hetero) is 2. The zero-order valence-corrected chi connectivity index (χ0v) is 13.9. The van der Waals surface area contributed by atoms with E-state index in [1.54, 1.807) is 6.08 Å². The number of hydrogen-bond donors (Lipinski definition) is 1. The van der Waals surface area contributed by atoms with Crippen LogP contribution < -0.4 is 0 Å². The molecule has 5 nitrogen and oxygen atoms in total. The molecule has 0 aromatic carbocycles. The number of carbonyl (C=O) groups is 3. The Hall–Kier alpha value is -1.75. The van der Waals surface area contributed by atoms with E-state index < -0.39 is 23.6 Å². The summed E-state index contributed by atoms with van der Waals surface area (Å²) in [7, 11) is 0. The average molecular weight is 320 g/mol. The second-order valence-corrected chi connectivity index (χ2v) is 6.86. The van der Waals surface area contributed by atoms with Crippen LogP contribution >= 0.6 is 0 Å². The monoisotopic (exact) mass is 320 g/mol. The Morgan fingerprint density at radius 3 is 2.61 bits per heavy atom. The van der Waals surface area contributed by atoms with E-state index >= 15 is 0 Å². The summed E-state index contributed by atoms with van der Waals surface area (Å²) >= 11 is 0. The van der Waals surface area contributed by atoms with E-state index in [-0.39, 0.29) is 30.8 Å². The van der Waals surface area contributed by atoms with Gasteiger partial charge in [-0.25, -0.2) is 0 Å². The van der Waals surface area contributed by atoms with Gasteiger partial charge in [0.05, 0.1) is 11.8 Å². The van der Waals surface area contributed by atoms with Gasteiger partial charge < -0.3 is 9.84 Å². The minimum Gasteiger partial charge on any atom is -0.457 e. The number of esters is 1. The molecule has 2 fully saturated rings. The number of allylic oxidation sites excluding steroid dienone is 3. The van der Waals surface area contributed by atoms with Crippen molar-refractivity contribution < 1.29 is 24.2 Å². The third kappa shape index (κ3) is 3.78. The van der Waals surface area contributed by atoms with Crippen molar-refractivity contribution in [2.24, 2.45) is 5.41 Å². The van der Waals surface area contributed by atoms with Gasteiger partial charge in [0.25, 0.3) is 0 Å². The highest BCUT2D eigenvalue weighted by molar-refractivity contribution is 6.03. The van der Waals surface area contributed by atoms with Crippen LogP contribution in [-0.2, 0) is 19.1 Å². The topological polar surface area (TPSA) is 80.7 Å². The van der Waals surface area contributed by atoms with Gasteiger partial charge in [0.1, 0.15) is 18.0 Å². The molecule has 1 saturated heterocycles. The number of rotatable bonds is 4. The quantitative estimate of drug-likeness (QED) is 0.635. The number of aliphatic hydroxyl groups excluding tert-OH is 1. The van der Waals surface area contributed by atoms with Gasteiger partial charge in [0.15, 0.2) is 5.78 Å². The van der Waals surface area contributed by atoms with Gasteiger partial charge in [-0.1, -0.05) is 17.2 Å². The molecule has 3 atom stereocenters. The number of hydrogen-bond acceptors (Lipinski definition) is 5. The average Bonchev–Trinajstić information content (AvgIpc) is 2.73. The molecule has 0 aromatic rings. The summed E-state index contributed by atoms with van der Waals surface area (Å²) in [6, 6.07) is 0. The van der Waals surface area contributed by atoms with Crippen molar-refractivity contribution in [3.05, 3.63) is 23.3 Å². The predicted molar refractivity (Wildman–Crippen MR) is 84.6 cm³/mol. The molecule has 5 heteroatoms. The Balaban J connectivity index is 2.19. The molecule has 0 amide bonds. The molecule has 2 unspecified atom stereocenters. The standard InChI is InChI=1S/C18H24O5/c1-11(2)5-4-6-12(3)7-16-18(10-17(22)23-16)9-14(20)13(19)8-15(18)21/h5,7,13,16,19H,4,6,8-10H2,1-3H3/t13?,16-,18?/m1/s1. The van der Waals surface area contributed by atoms with Crippen molar-refractivity contribution in [3.8, 4) is 0 Å². The fourth-order valence-electron chi connectivity index (χ4n) is 3.22. The van der Waals surface area contributed by atoms with Gasteiger partial charge in [0.2, 0.25) is 0 Å². The number of ketones is 2. The molecule has 1 aliphatic heterocycles. The SMILES string of the molecule is CC(C)=CCCC(C)=C[C@H]1OC(=O)CC12CC(=O)C(O)CC2=O. The van der Waals surface area contributed by atoms with E-state index in [9.17, 15) is 19.5 Å². The summed E-state index contributed by atoms with van der Waals surface area (Å²) < 4.78 is 5.32. The van der Waals surface area contributed by atoms with E-state index in [1.165, 1.54) is 5.57 Å². The van der Waals surface area contributed by atoms with Crippen LogP contribution in [0.15, 0.2) is 23.3 Å². The summed E-state index contributed by atoms with van der Waals surface area (Å²) in [5.41, 5.74) is 1.14. The maximum Gasteiger partial charge on any atom is 0.307 e.